The predicted molar refractivity (Wildman–Crippen MR) is 353 cm³/mol. The number of rotatable bonds is 3. The molecule has 0 N–H and O–H groups in total. The van der Waals surface area contributed by atoms with E-state index in [0.29, 0.717) is 0 Å². The Kier molecular flexibility index (Phi) is 11.0. The van der Waals surface area contributed by atoms with E-state index in [1.165, 1.54) is 158 Å². The lowest BCUT2D eigenvalue weighted by atomic mass is 9.32. The lowest BCUT2D eigenvalue weighted by Gasteiger charge is -2.49. The zero-order chi connectivity index (χ0) is 58.1. The van der Waals surface area contributed by atoms with Gasteiger partial charge < -0.3 is 9.80 Å². The fourth-order valence-electron chi connectivity index (χ4n) is 16.9. The van der Waals surface area contributed by atoms with Crippen LogP contribution in [0.15, 0.2) is 133 Å². The summed E-state index contributed by atoms with van der Waals surface area (Å²) < 4.78 is 0. The van der Waals surface area contributed by atoms with Gasteiger partial charge in [0.1, 0.15) is 0 Å². The molecule has 82 heavy (non-hydrogen) atoms. The van der Waals surface area contributed by atoms with Crippen molar-refractivity contribution in [1.29, 1.82) is 0 Å². The second kappa shape index (κ2) is 16.8. The molecule has 8 aromatic carbocycles. The average molecular weight is 1080 g/mol. The van der Waals surface area contributed by atoms with Crippen molar-refractivity contribution in [2.45, 2.75) is 201 Å². The molecular weight excluding hydrogens is 988 g/mol. The molecule has 0 unspecified atom stereocenters. The van der Waals surface area contributed by atoms with Crippen LogP contribution in [-0.2, 0) is 43.3 Å². The summed E-state index contributed by atoms with van der Waals surface area (Å²) in [7, 11) is 0. The van der Waals surface area contributed by atoms with Crippen molar-refractivity contribution >= 4 is 57.2 Å². The van der Waals surface area contributed by atoms with Crippen molar-refractivity contribution in [2.75, 3.05) is 9.80 Å². The lowest BCUT2D eigenvalue weighted by molar-refractivity contribution is 0.332. The summed E-state index contributed by atoms with van der Waals surface area (Å²) in [5.74, 6) is 0. The van der Waals surface area contributed by atoms with Crippen molar-refractivity contribution in [1.82, 2.24) is 0 Å². The van der Waals surface area contributed by atoms with E-state index < -0.39 is 0 Å². The highest BCUT2D eigenvalue weighted by molar-refractivity contribution is 7.00. The minimum Gasteiger partial charge on any atom is -0.311 e. The molecule has 416 valence electrons. The van der Waals surface area contributed by atoms with Crippen LogP contribution >= 0.6 is 0 Å². The zero-order valence-electron chi connectivity index (χ0n) is 53.0. The number of fused-ring (bicyclic) bond motifs is 11. The average Bonchev–Trinajstić information content (AvgIpc) is 1.25. The highest BCUT2D eigenvalue weighted by atomic mass is 15.2. The van der Waals surface area contributed by atoms with E-state index in [1.54, 1.807) is 0 Å². The highest BCUT2D eigenvalue weighted by Gasteiger charge is 2.51. The van der Waals surface area contributed by atoms with Gasteiger partial charge in [-0.3, -0.25) is 0 Å². The topological polar surface area (TPSA) is 6.48 Å². The van der Waals surface area contributed by atoms with Crippen LogP contribution in [0.1, 0.15) is 216 Å². The first-order valence-electron chi connectivity index (χ1n) is 31.1. The molecule has 3 heteroatoms. The number of benzene rings is 8. The van der Waals surface area contributed by atoms with E-state index in [1.807, 2.05) is 0 Å². The first-order valence-corrected chi connectivity index (χ1v) is 31.1. The van der Waals surface area contributed by atoms with Crippen LogP contribution in [0.3, 0.4) is 0 Å². The molecule has 0 bridgehead atoms. The van der Waals surface area contributed by atoms with Crippen molar-refractivity contribution in [3.63, 3.8) is 0 Å². The summed E-state index contributed by atoms with van der Waals surface area (Å²) in [4.78, 5) is 5.56. The maximum absolute atomic E-state index is 2.78. The molecule has 0 radical (unpaired) electrons. The Morgan fingerprint density at radius 3 is 1.23 bits per heavy atom. The normalized spacial score (nSPS) is 19.8. The van der Waals surface area contributed by atoms with Crippen molar-refractivity contribution in [3.05, 3.63) is 206 Å². The molecule has 2 nitrogen and oxygen atoms in total. The molecule has 0 fully saturated rings. The summed E-state index contributed by atoms with van der Waals surface area (Å²) in [6, 6.07) is 54.6. The standard InChI is InChI=1S/C79H87BN2/c1-46-35-57-59(75(10,11)33-31-73(57,6)7)43-65(46)81-67-42-56-52(51-39-50(72(3,4)5)29-30-53(51)77(56,14)15)40-63(67)80-64-41-61-62(79(18,19)55-28-24-23-27-54(55)78(61,16)17)45-68(64)82(70-38-49(37-69(81)71(70)80)48-25-21-20-22-26-48)66-44-60-58(36-47(66)2)74(8,9)32-34-76(60,12)13/h20-30,35-45H,31-34H2,1-19H3. The van der Waals surface area contributed by atoms with E-state index in [4.69, 9.17) is 0 Å². The van der Waals surface area contributed by atoms with Crippen LogP contribution in [0.5, 0.6) is 0 Å². The van der Waals surface area contributed by atoms with Crippen LogP contribution in [0.25, 0.3) is 22.3 Å². The Bertz CT molecular complexity index is 4090. The van der Waals surface area contributed by atoms with E-state index in [9.17, 15) is 0 Å². The second-order valence-corrected chi connectivity index (χ2v) is 31.6. The molecule has 0 aromatic heterocycles. The second-order valence-electron chi connectivity index (χ2n) is 31.6. The quantitative estimate of drug-likeness (QED) is 0.163. The molecule has 2 heterocycles. The largest absolute Gasteiger partial charge is 0.311 e. The van der Waals surface area contributed by atoms with Crippen molar-refractivity contribution < 1.29 is 0 Å². The third-order valence-electron chi connectivity index (χ3n) is 22.4. The first-order chi connectivity index (χ1) is 38.3. The molecule has 0 atom stereocenters. The van der Waals surface area contributed by atoms with E-state index in [2.05, 4.69) is 275 Å². The zero-order valence-corrected chi connectivity index (χ0v) is 53.0. The Morgan fingerprint density at radius 2 is 0.744 bits per heavy atom. The Labute approximate surface area is 492 Å². The number of hydrogen-bond donors (Lipinski definition) is 0. The molecule has 2 aliphatic heterocycles. The molecule has 4 aliphatic carbocycles. The van der Waals surface area contributed by atoms with Gasteiger partial charge in [0.15, 0.2) is 0 Å². The predicted octanol–water partition coefficient (Wildman–Crippen LogP) is 19.3. The Hall–Kier alpha value is -6.58. The third kappa shape index (κ3) is 7.32. The van der Waals surface area contributed by atoms with Crippen LogP contribution < -0.4 is 26.2 Å². The molecule has 0 amide bonds. The van der Waals surface area contributed by atoms with Gasteiger partial charge in [-0.15, -0.1) is 0 Å². The van der Waals surface area contributed by atoms with Gasteiger partial charge in [0.25, 0.3) is 6.71 Å². The van der Waals surface area contributed by atoms with Crippen LogP contribution in [0.2, 0.25) is 0 Å². The number of aryl methyl sites for hydroxylation is 2. The number of anilines is 6. The molecule has 8 aromatic rings. The summed E-state index contributed by atoms with van der Waals surface area (Å²) in [6.07, 6.45) is 4.68. The van der Waals surface area contributed by atoms with Crippen LogP contribution in [-0.4, -0.2) is 6.71 Å². The minimum absolute atomic E-state index is 0.00734. The molecule has 6 aliphatic rings. The highest BCUT2D eigenvalue weighted by Crippen LogP contribution is 2.58. The summed E-state index contributed by atoms with van der Waals surface area (Å²) in [6.45, 7) is 46.7. The van der Waals surface area contributed by atoms with E-state index in [0.717, 1.165) is 12.8 Å². The summed E-state index contributed by atoms with van der Waals surface area (Å²) in [5.41, 5.74) is 35.2. The molecular formula is C79H87BN2. The first kappa shape index (κ1) is 53.4. The lowest BCUT2D eigenvalue weighted by Crippen LogP contribution is -2.62. The van der Waals surface area contributed by atoms with Crippen molar-refractivity contribution in [2.24, 2.45) is 0 Å². The molecule has 14 rings (SSSR count). The van der Waals surface area contributed by atoms with Gasteiger partial charge in [-0.2, -0.15) is 0 Å². The van der Waals surface area contributed by atoms with Gasteiger partial charge in [0.2, 0.25) is 0 Å². The van der Waals surface area contributed by atoms with Gasteiger partial charge in [-0.1, -0.05) is 215 Å². The maximum atomic E-state index is 2.78. The monoisotopic (exact) mass is 1070 g/mol. The summed E-state index contributed by atoms with van der Waals surface area (Å²) in [5, 5.41) is 0. The van der Waals surface area contributed by atoms with Gasteiger partial charge in [-0.05, 0) is 214 Å². The Balaban J connectivity index is 1.17. The summed E-state index contributed by atoms with van der Waals surface area (Å²) >= 11 is 0. The third-order valence-corrected chi connectivity index (χ3v) is 22.4. The number of hydrogen-bond acceptors (Lipinski definition) is 2. The molecule has 0 saturated heterocycles. The van der Waals surface area contributed by atoms with Gasteiger partial charge >= 0.3 is 0 Å². The van der Waals surface area contributed by atoms with Gasteiger partial charge in [0, 0.05) is 50.4 Å². The Morgan fingerprint density at radius 1 is 0.341 bits per heavy atom. The minimum atomic E-state index is -0.245. The van der Waals surface area contributed by atoms with Crippen LogP contribution in [0.4, 0.5) is 34.1 Å². The SMILES string of the molecule is Cc1cc2c(cc1N1c3cc4c(cc3B3c5cc6c(cc5N(c5cc7c(cc5C)C(C)(C)CCC7(C)C)c5cc(-c7ccccc7)cc1c53)C(C)(C)c1ccccc1C6(C)C)-c1cc(C(C)(C)C)ccc1C4(C)C)C(C)(C)CCC2(C)C. The van der Waals surface area contributed by atoms with E-state index in [-0.39, 0.29) is 50.0 Å². The van der Waals surface area contributed by atoms with Crippen molar-refractivity contribution in [3.8, 4) is 22.3 Å². The number of nitrogens with zero attached hydrogens (tertiary/aromatic N) is 2. The smallest absolute Gasteiger partial charge is 0.252 e. The molecule has 0 spiro atoms. The van der Waals surface area contributed by atoms with Gasteiger partial charge in [0.05, 0.1) is 0 Å². The fraction of sp³-hybridized carbons (Fsp3) is 0.392. The molecule has 0 saturated carbocycles. The van der Waals surface area contributed by atoms with Crippen LogP contribution in [0, 0.1) is 13.8 Å². The maximum Gasteiger partial charge on any atom is 0.252 e. The van der Waals surface area contributed by atoms with E-state index >= 15 is 0 Å². The fourth-order valence-corrected chi connectivity index (χ4v) is 16.9. The van der Waals surface area contributed by atoms with Gasteiger partial charge in [-0.25, -0.2) is 0 Å².